The summed E-state index contributed by atoms with van der Waals surface area (Å²) in [5.41, 5.74) is 10.5. The van der Waals surface area contributed by atoms with Gasteiger partial charge in [-0.2, -0.15) is 10.1 Å². The highest BCUT2D eigenvalue weighted by molar-refractivity contribution is 9.10. The van der Waals surface area contributed by atoms with E-state index >= 15 is 0 Å². The standard InChI is InChI=1S/C46H46BrN9O5/c1-26-21-29(5-6-30(26)23-48-42(59)43-50-45(53-61-43)46(2,3)4)40-34-22-28(10-14-36(34)51-52-40)27-7-11-32(12-8-27)55-19-17-54(18-20-55)24-31-9-13-33-35(39(31)47)25-56(44(33)60)37-15-16-38(57)49-41(37)58/h5-14,21-22,37H,15-20,23-25H2,1-4H3,(H,48,59)(H,51,52)(H,49,57,58). The monoisotopic (exact) mass is 883 g/mol. The van der Waals surface area contributed by atoms with E-state index in [1.807, 2.05) is 52.0 Å². The maximum absolute atomic E-state index is 13.3. The fourth-order valence-corrected chi connectivity index (χ4v) is 8.97. The number of anilines is 1. The van der Waals surface area contributed by atoms with Gasteiger partial charge in [0.2, 0.25) is 11.8 Å². The van der Waals surface area contributed by atoms with Crippen LogP contribution < -0.4 is 15.5 Å². The zero-order valence-corrected chi connectivity index (χ0v) is 36.1. The molecule has 5 heterocycles. The second kappa shape index (κ2) is 16.0. The maximum atomic E-state index is 13.3. The summed E-state index contributed by atoms with van der Waals surface area (Å²) in [6.07, 6.45) is 0.576. The minimum atomic E-state index is -0.633. The van der Waals surface area contributed by atoms with E-state index in [1.165, 1.54) is 5.69 Å². The molecule has 2 fully saturated rings. The van der Waals surface area contributed by atoms with Crippen molar-refractivity contribution in [1.82, 2.24) is 40.8 Å². The van der Waals surface area contributed by atoms with Crippen LogP contribution in [0.15, 0.2) is 81.8 Å². The topological polar surface area (TPSA) is 170 Å². The van der Waals surface area contributed by atoms with E-state index in [4.69, 9.17) is 4.52 Å². The van der Waals surface area contributed by atoms with Gasteiger partial charge in [-0.15, -0.1) is 0 Å². The first-order valence-corrected chi connectivity index (χ1v) is 21.3. The van der Waals surface area contributed by atoms with Crippen LogP contribution >= 0.6 is 15.9 Å². The number of piperazine rings is 1. The Balaban J connectivity index is 0.815. The number of benzene rings is 4. The Kier molecular flexibility index (Phi) is 10.6. The number of carbonyl (C=O) groups is 4. The molecule has 61 heavy (non-hydrogen) atoms. The van der Waals surface area contributed by atoms with Crippen LogP contribution in [0.1, 0.15) is 82.7 Å². The fraction of sp³-hybridized carbons (Fsp3) is 0.326. The van der Waals surface area contributed by atoms with Crippen LogP contribution in [0.3, 0.4) is 0 Å². The highest BCUT2D eigenvalue weighted by Crippen LogP contribution is 2.36. The molecule has 2 aromatic heterocycles. The zero-order valence-electron chi connectivity index (χ0n) is 34.5. The molecule has 4 aromatic carbocycles. The fourth-order valence-electron chi connectivity index (χ4n) is 8.37. The lowest BCUT2D eigenvalue weighted by molar-refractivity contribution is -0.136. The van der Waals surface area contributed by atoms with Crippen molar-refractivity contribution in [3.8, 4) is 22.4 Å². The van der Waals surface area contributed by atoms with Gasteiger partial charge >= 0.3 is 11.8 Å². The molecular weight excluding hydrogens is 838 g/mol. The van der Waals surface area contributed by atoms with Crippen molar-refractivity contribution in [2.45, 2.75) is 71.6 Å². The van der Waals surface area contributed by atoms with Gasteiger partial charge < -0.3 is 19.6 Å². The molecule has 0 saturated carbocycles. The van der Waals surface area contributed by atoms with Crippen molar-refractivity contribution in [2.75, 3.05) is 31.1 Å². The van der Waals surface area contributed by atoms with E-state index < -0.39 is 17.9 Å². The van der Waals surface area contributed by atoms with Crippen molar-refractivity contribution in [2.24, 2.45) is 0 Å². The van der Waals surface area contributed by atoms with Gasteiger partial charge in [0.15, 0.2) is 5.82 Å². The lowest BCUT2D eigenvalue weighted by Crippen LogP contribution is -2.52. The molecule has 14 nitrogen and oxygen atoms in total. The molecule has 6 aromatic rings. The predicted molar refractivity (Wildman–Crippen MR) is 234 cm³/mol. The Morgan fingerprint density at radius 3 is 2.38 bits per heavy atom. The van der Waals surface area contributed by atoms with Gasteiger partial charge in [0, 0.05) is 84.3 Å². The number of nitrogens with zero attached hydrogens (tertiary/aromatic N) is 6. The number of aromatic nitrogens is 4. The first-order chi connectivity index (χ1) is 29.3. The molecule has 9 rings (SSSR count). The smallest absolute Gasteiger partial charge is 0.315 e. The van der Waals surface area contributed by atoms with E-state index in [0.717, 1.165) is 92.7 Å². The van der Waals surface area contributed by atoms with Crippen molar-refractivity contribution in [3.63, 3.8) is 0 Å². The van der Waals surface area contributed by atoms with Crippen LogP contribution in [0.2, 0.25) is 0 Å². The molecule has 1 atom stereocenters. The summed E-state index contributed by atoms with van der Waals surface area (Å²) in [6.45, 7) is 12.9. The Morgan fingerprint density at radius 2 is 1.66 bits per heavy atom. The van der Waals surface area contributed by atoms with E-state index in [0.29, 0.717) is 30.9 Å². The quantitative estimate of drug-likeness (QED) is 0.134. The number of amides is 4. The van der Waals surface area contributed by atoms with Gasteiger partial charge in [0.1, 0.15) is 6.04 Å². The van der Waals surface area contributed by atoms with Crippen molar-refractivity contribution < 1.29 is 23.7 Å². The molecule has 4 amide bonds. The second-order valence-electron chi connectivity index (χ2n) is 17.1. The predicted octanol–water partition coefficient (Wildman–Crippen LogP) is 6.66. The van der Waals surface area contributed by atoms with Crippen molar-refractivity contribution in [3.05, 3.63) is 117 Å². The summed E-state index contributed by atoms with van der Waals surface area (Å²) < 4.78 is 6.11. The lowest BCUT2D eigenvalue weighted by Gasteiger charge is -2.36. The SMILES string of the molecule is Cc1cc(-c2n[nH]c3ccc(-c4ccc(N5CCN(Cc6ccc7c(c6Br)CN(C6CCC(=O)NC6=O)C7=O)CC5)cc4)cc23)ccc1CNC(=O)c1nc(C(C)(C)C)no1. The van der Waals surface area contributed by atoms with Gasteiger partial charge in [-0.1, -0.05) is 78.3 Å². The summed E-state index contributed by atoms with van der Waals surface area (Å²) in [5, 5.41) is 18.1. The molecule has 0 spiro atoms. The number of rotatable bonds is 9. The largest absolute Gasteiger partial charge is 0.369 e. The van der Waals surface area contributed by atoms with Crippen LogP contribution in [0.4, 0.5) is 5.69 Å². The number of aryl methyl sites for hydroxylation is 1. The third kappa shape index (κ3) is 7.95. The summed E-state index contributed by atoms with van der Waals surface area (Å²) >= 11 is 3.80. The van der Waals surface area contributed by atoms with Crippen molar-refractivity contribution in [1.29, 1.82) is 0 Å². The van der Waals surface area contributed by atoms with Gasteiger partial charge in [0.05, 0.1) is 11.2 Å². The number of H-pyrrole nitrogens is 1. The number of nitrogens with one attached hydrogen (secondary N) is 3. The van der Waals surface area contributed by atoms with E-state index in [2.05, 4.69) is 105 Å². The van der Waals surface area contributed by atoms with E-state index in [9.17, 15) is 19.2 Å². The summed E-state index contributed by atoms with van der Waals surface area (Å²) in [6, 6.07) is 24.5. The molecule has 2 saturated heterocycles. The number of hydrogen-bond donors (Lipinski definition) is 3. The molecule has 3 aliphatic heterocycles. The number of imide groups is 1. The molecule has 15 heteroatoms. The summed E-state index contributed by atoms with van der Waals surface area (Å²) in [7, 11) is 0. The van der Waals surface area contributed by atoms with Crippen LogP contribution in [0.5, 0.6) is 0 Å². The van der Waals surface area contributed by atoms with Crippen LogP contribution in [0.25, 0.3) is 33.3 Å². The van der Waals surface area contributed by atoms with Gasteiger partial charge in [-0.3, -0.25) is 34.5 Å². The van der Waals surface area contributed by atoms with Crippen LogP contribution in [0, 0.1) is 6.92 Å². The van der Waals surface area contributed by atoms with Crippen molar-refractivity contribution >= 4 is 56.1 Å². The highest BCUT2D eigenvalue weighted by Gasteiger charge is 2.40. The number of piperidine rings is 1. The molecular formula is C46H46BrN9O5. The Bertz CT molecular complexity index is 2710. The third-order valence-corrected chi connectivity index (χ3v) is 13.0. The molecule has 3 aliphatic rings. The molecule has 0 bridgehead atoms. The summed E-state index contributed by atoms with van der Waals surface area (Å²) in [4.78, 5) is 60.9. The Morgan fingerprint density at radius 1 is 0.918 bits per heavy atom. The molecule has 0 radical (unpaired) electrons. The molecule has 1 unspecified atom stereocenters. The van der Waals surface area contributed by atoms with Crippen LogP contribution in [-0.4, -0.2) is 86.0 Å². The Hall–Kier alpha value is -6.19. The normalized spacial score (nSPS) is 17.3. The average molecular weight is 885 g/mol. The lowest BCUT2D eigenvalue weighted by atomic mass is 9.96. The number of halogens is 1. The number of hydrogen-bond acceptors (Lipinski definition) is 10. The summed E-state index contributed by atoms with van der Waals surface area (Å²) in [5.74, 6) is -0.831. The van der Waals surface area contributed by atoms with E-state index in [1.54, 1.807) is 4.90 Å². The number of aromatic amines is 1. The molecule has 312 valence electrons. The maximum Gasteiger partial charge on any atom is 0.315 e. The van der Waals surface area contributed by atoms with Gasteiger partial charge in [-0.05, 0) is 83.1 Å². The minimum Gasteiger partial charge on any atom is -0.369 e. The first-order valence-electron chi connectivity index (χ1n) is 20.5. The van der Waals surface area contributed by atoms with Crippen LogP contribution in [-0.2, 0) is 34.6 Å². The highest BCUT2D eigenvalue weighted by atomic mass is 79.9. The number of carbonyl (C=O) groups excluding carboxylic acids is 4. The van der Waals surface area contributed by atoms with E-state index in [-0.39, 0.29) is 29.5 Å². The molecule has 3 N–H and O–H groups in total. The first kappa shape index (κ1) is 40.2. The zero-order chi connectivity index (χ0) is 42.6. The Labute approximate surface area is 361 Å². The second-order valence-corrected chi connectivity index (χ2v) is 17.9. The minimum absolute atomic E-state index is 0.0475. The van der Waals surface area contributed by atoms with Gasteiger partial charge in [0.25, 0.3) is 5.91 Å². The molecule has 0 aliphatic carbocycles. The van der Waals surface area contributed by atoms with Gasteiger partial charge in [-0.25, -0.2) is 0 Å². The average Bonchev–Trinajstić information content (AvgIpc) is 4.00. The third-order valence-electron chi connectivity index (χ3n) is 12.0. The number of fused-ring (bicyclic) bond motifs is 2.